The number of ether oxygens (including phenoxy) is 1. The third-order valence-corrected chi connectivity index (χ3v) is 5.12. The van der Waals surface area contributed by atoms with Gasteiger partial charge >= 0.3 is 6.18 Å². The van der Waals surface area contributed by atoms with Gasteiger partial charge in [-0.25, -0.2) is 13.8 Å². The van der Waals surface area contributed by atoms with Crippen LogP contribution in [-0.4, -0.2) is 29.1 Å². The highest BCUT2D eigenvalue weighted by Crippen LogP contribution is 2.41. The van der Waals surface area contributed by atoms with E-state index in [1.165, 1.54) is 19.2 Å². The Morgan fingerprint density at radius 3 is 2.61 bits per heavy atom. The molecular weight excluding hydrogens is 445 g/mol. The number of ketones is 1. The number of hydrogen-bond acceptors (Lipinski definition) is 5. The van der Waals surface area contributed by atoms with E-state index < -0.39 is 53.2 Å². The van der Waals surface area contributed by atoms with Crippen molar-refractivity contribution in [1.29, 1.82) is 0 Å². The van der Waals surface area contributed by atoms with Crippen LogP contribution in [0.4, 0.5) is 22.0 Å². The lowest BCUT2D eigenvalue weighted by atomic mass is 9.84. The van der Waals surface area contributed by atoms with E-state index in [4.69, 9.17) is 17.3 Å². The maximum absolute atomic E-state index is 14.6. The Labute approximate surface area is 179 Å². The van der Waals surface area contributed by atoms with Gasteiger partial charge in [-0.2, -0.15) is 13.2 Å². The summed E-state index contributed by atoms with van der Waals surface area (Å²) in [7, 11) is 0. The van der Waals surface area contributed by atoms with Crippen molar-refractivity contribution < 1.29 is 31.5 Å². The summed E-state index contributed by atoms with van der Waals surface area (Å²) >= 11 is 5.82. The molecule has 0 saturated heterocycles. The average molecular weight is 462 g/mol. The summed E-state index contributed by atoms with van der Waals surface area (Å²) in [6.45, 7) is 2.80. The van der Waals surface area contributed by atoms with Gasteiger partial charge in [-0.1, -0.05) is 11.6 Å². The van der Waals surface area contributed by atoms with Crippen LogP contribution >= 0.6 is 11.6 Å². The normalized spacial score (nSPS) is 21.4. The van der Waals surface area contributed by atoms with E-state index in [1.807, 2.05) is 0 Å². The number of benzene rings is 1. The number of halogens is 6. The molecule has 1 aliphatic rings. The highest BCUT2D eigenvalue weighted by Gasteiger charge is 2.50. The molecule has 1 aliphatic heterocycles. The van der Waals surface area contributed by atoms with Gasteiger partial charge in [0.1, 0.15) is 5.69 Å². The Bertz CT molecular complexity index is 1070. The summed E-state index contributed by atoms with van der Waals surface area (Å²) in [6.07, 6.45) is -7.04. The molecule has 0 fully saturated rings. The van der Waals surface area contributed by atoms with E-state index in [0.717, 1.165) is 12.1 Å². The number of rotatable bonds is 4. The van der Waals surface area contributed by atoms with Gasteiger partial charge in [0.15, 0.2) is 23.5 Å². The van der Waals surface area contributed by atoms with E-state index in [9.17, 15) is 26.7 Å². The van der Waals surface area contributed by atoms with Crippen LogP contribution in [0.3, 0.4) is 0 Å². The molecule has 0 aliphatic carbocycles. The van der Waals surface area contributed by atoms with Gasteiger partial charge in [-0.3, -0.25) is 9.78 Å². The van der Waals surface area contributed by atoms with Crippen molar-refractivity contribution in [1.82, 2.24) is 4.98 Å². The van der Waals surface area contributed by atoms with Gasteiger partial charge in [-0.15, -0.1) is 0 Å². The Morgan fingerprint density at radius 1 is 1.32 bits per heavy atom. The molecule has 2 heterocycles. The Hall–Kier alpha value is -2.75. The summed E-state index contributed by atoms with van der Waals surface area (Å²) in [6, 6.07) is 2.64. The zero-order valence-electron chi connectivity index (χ0n) is 16.4. The fourth-order valence-electron chi connectivity index (χ4n) is 3.46. The second-order valence-electron chi connectivity index (χ2n) is 7.43. The molecule has 0 bridgehead atoms. The fourth-order valence-corrected chi connectivity index (χ4v) is 3.67. The predicted octanol–water partition coefficient (Wildman–Crippen LogP) is 4.63. The van der Waals surface area contributed by atoms with Gasteiger partial charge in [0.05, 0.1) is 10.6 Å². The number of Topliss-reactive ketones (excluding diaryl/α,β-unsaturated/α-hetero) is 1. The number of nitrogens with zero attached hydrogens (tertiary/aromatic N) is 2. The number of hydrogen-bond donors (Lipinski definition) is 1. The number of aryl methyl sites for hydroxylation is 1. The van der Waals surface area contributed by atoms with Crippen molar-refractivity contribution in [2.75, 3.05) is 0 Å². The maximum atomic E-state index is 14.6. The summed E-state index contributed by atoms with van der Waals surface area (Å²) in [5.41, 5.74) is 3.68. The standard InChI is InChI=1S/C20H17ClF5N3O2/c1-9-3-11(21)8-28-17(9)14(30)6-10-4-12(16(23)13(22)5-10)19(2)7-15(20(24,25)26)31-18(27)29-19/h3-5,8,15H,6-7H2,1-2H3,(H2,27,29)/t15-,19-/m0/s1. The van der Waals surface area contributed by atoms with Gasteiger partial charge in [0, 0.05) is 24.6 Å². The van der Waals surface area contributed by atoms with Crippen LogP contribution < -0.4 is 5.73 Å². The maximum Gasteiger partial charge on any atom is 0.425 e. The van der Waals surface area contributed by atoms with Crippen molar-refractivity contribution >= 4 is 23.4 Å². The fraction of sp³-hybridized carbons (Fsp3) is 0.350. The first-order chi connectivity index (χ1) is 14.3. The molecule has 31 heavy (non-hydrogen) atoms. The first kappa shape index (κ1) is 22.9. The highest BCUT2D eigenvalue weighted by molar-refractivity contribution is 6.30. The number of aliphatic imine (C=N–C) groups is 1. The molecule has 11 heteroatoms. The zero-order valence-corrected chi connectivity index (χ0v) is 17.1. The van der Waals surface area contributed by atoms with Crippen molar-refractivity contribution in [3.63, 3.8) is 0 Å². The smallest absolute Gasteiger partial charge is 0.425 e. The SMILES string of the molecule is Cc1cc(Cl)cnc1C(=O)Cc1cc(F)c(F)c([C@]2(C)C[C@@H](C(F)(F)F)OC(N)=N2)c1. The second-order valence-corrected chi connectivity index (χ2v) is 7.87. The second kappa shape index (κ2) is 8.07. The zero-order chi connectivity index (χ0) is 23.1. The minimum absolute atomic E-state index is 0.0418. The number of carbonyl (C=O) groups is 1. The number of carbonyl (C=O) groups excluding carboxylic acids is 1. The van der Waals surface area contributed by atoms with Gasteiger partial charge in [0.25, 0.3) is 6.02 Å². The summed E-state index contributed by atoms with van der Waals surface area (Å²) in [5, 5.41) is 0.325. The quantitative estimate of drug-likeness (QED) is 0.532. The first-order valence-corrected chi connectivity index (χ1v) is 9.40. The van der Waals surface area contributed by atoms with Crippen molar-refractivity contribution in [3.8, 4) is 0 Å². The number of amidine groups is 1. The first-order valence-electron chi connectivity index (χ1n) is 9.02. The lowest BCUT2D eigenvalue weighted by Gasteiger charge is -2.36. The molecule has 0 unspecified atom stereocenters. The van der Waals surface area contributed by atoms with Crippen LogP contribution in [0.25, 0.3) is 0 Å². The van der Waals surface area contributed by atoms with Gasteiger partial charge < -0.3 is 10.5 Å². The van der Waals surface area contributed by atoms with Crippen LogP contribution in [-0.2, 0) is 16.7 Å². The lowest BCUT2D eigenvalue weighted by molar-refractivity contribution is -0.208. The van der Waals surface area contributed by atoms with E-state index in [1.54, 1.807) is 6.92 Å². The summed E-state index contributed by atoms with van der Waals surface area (Å²) < 4.78 is 73.0. The largest absolute Gasteiger partial charge is 0.452 e. The Balaban J connectivity index is 1.99. The molecule has 2 N–H and O–H groups in total. The third-order valence-electron chi connectivity index (χ3n) is 4.91. The molecule has 2 aromatic rings. The molecule has 1 aromatic heterocycles. The van der Waals surface area contributed by atoms with Gasteiger partial charge in [0.2, 0.25) is 0 Å². The summed E-state index contributed by atoms with van der Waals surface area (Å²) in [5.74, 6) is -3.20. The average Bonchev–Trinajstić information content (AvgIpc) is 2.62. The Kier molecular flexibility index (Phi) is 5.96. The number of aromatic nitrogens is 1. The summed E-state index contributed by atoms with van der Waals surface area (Å²) in [4.78, 5) is 20.4. The minimum Gasteiger partial charge on any atom is -0.452 e. The van der Waals surface area contributed by atoms with E-state index in [-0.39, 0.29) is 17.7 Å². The van der Waals surface area contributed by atoms with Crippen LogP contribution in [0.15, 0.2) is 29.4 Å². The molecule has 0 spiro atoms. The lowest BCUT2D eigenvalue weighted by Crippen LogP contribution is -2.46. The minimum atomic E-state index is -4.79. The molecule has 3 rings (SSSR count). The molecule has 5 nitrogen and oxygen atoms in total. The predicted molar refractivity (Wildman–Crippen MR) is 103 cm³/mol. The third kappa shape index (κ3) is 4.79. The molecule has 0 saturated carbocycles. The topological polar surface area (TPSA) is 77.6 Å². The molecule has 166 valence electrons. The molecule has 0 radical (unpaired) electrons. The van der Waals surface area contributed by atoms with Crippen LogP contribution in [0, 0.1) is 18.6 Å². The number of nitrogens with two attached hydrogens (primary N) is 1. The van der Waals surface area contributed by atoms with Crippen molar-refractivity contribution in [3.05, 3.63) is 63.4 Å². The Morgan fingerprint density at radius 2 is 2.00 bits per heavy atom. The van der Waals surface area contributed by atoms with E-state index >= 15 is 0 Å². The monoisotopic (exact) mass is 461 g/mol. The highest BCUT2D eigenvalue weighted by atomic mass is 35.5. The van der Waals surface area contributed by atoms with Crippen LogP contribution in [0.2, 0.25) is 5.02 Å². The van der Waals surface area contributed by atoms with Crippen molar-refractivity contribution in [2.24, 2.45) is 10.7 Å². The number of pyridine rings is 1. The van der Waals surface area contributed by atoms with Gasteiger partial charge in [-0.05, 0) is 43.2 Å². The molecule has 1 aromatic carbocycles. The van der Waals surface area contributed by atoms with Crippen molar-refractivity contribution in [2.45, 2.75) is 44.5 Å². The van der Waals surface area contributed by atoms with Crippen LogP contribution in [0.1, 0.15) is 40.5 Å². The molecule has 2 atom stereocenters. The molecule has 0 amide bonds. The van der Waals surface area contributed by atoms with E-state index in [2.05, 4.69) is 14.7 Å². The number of alkyl halides is 3. The van der Waals surface area contributed by atoms with Crippen LogP contribution in [0.5, 0.6) is 0 Å². The van der Waals surface area contributed by atoms with E-state index in [0.29, 0.717) is 10.6 Å². The molecular formula is C20H17ClF5N3O2.